The predicted molar refractivity (Wildman–Crippen MR) is 219 cm³/mol. The molecule has 0 saturated carbocycles. The Morgan fingerprint density at radius 1 is 0.509 bits per heavy atom. The van der Waals surface area contributed by atoms with Crippen LogP contribution in [0.2, 0.25) is 0 Å². The number of benzene rings is 6. The molecule has 5 heteroatoms. The average Bonchev–Trinajstić information content (AvgIpc) is 3.70. The minimum absolute atomic E-state index is 0.0386. The van der Waals surface area contributed by atoms with Crippen molar-refractivity contribution in [1.82, 2.24) is 24.1 Å². The van der Waals surface area contributed by atoms with Gasteiger partial charge < -0.3 is 4.57 Å². The number of hydrogen-bond donors (Lipinski definition) is 0. The topological polar surface area (TPSA) is 48.5 Å². The van der Waals surface area contributed by atoms with Crippen LogP contribution in [0.25, 0.3) is 78.0 Å². The normalized spacial score (nSPS) is 16.4. The summed E-state index contributed by atoms with van der Waals surface area (Å²) in [6, 6.07) is 49.6. The van der Waals surface area contributed by atoms with Crippen LogP contribution in [0.3, 0.4) is 0 Å². The van der Waals surface area contributed by atoms with Crippen LogP contribution in [-0.4, -0.2) is 24.1 Å². The molecular weight excluding hydrogens is 647 g/mol. The second kappa shape index (κ2) is 11.5. The summed E-state index contributed by atoms with van der Waals surface area (Å²) in [6.45, 7) is 12.1. The Balaban J connectivity index is 1.40. The molecule has 5 nitrogen and oxygen atoms in total. The fourth-order valence-corrected chi connectivity index (χ4v) is 9.20. The van der Waals surface area contributed by atoms with Crippen molar-refractivity contribution in [3.8, 4) is 34.4 Å². The maximum absolute atomic E-state index is 5.29. The lowest BCUT2D eigenvalue weighted by atomic mass is 9.58. The molecule has 9 aromatic rings. The van der Waals surface area contributed by atoms with Gasteiger partial charge in [0.05, 0.1) is 27.8 Å². The van der Waals surface area contributed by atoms with Crippen LogP contribution in [0.5, 0.6) is 0 Å². The van der Waals surface area contributed by atoms with E-state index in [9.17, 15) is 0 Å². The Bertz CT molecular complexity index is 2820. The summed E-state index contributed by atoms with van der Waals surface area (Å²) in [6.07, 6.45) is 1.15. The van der Waals surface area contributed by atoms with Gasteiger partial charge in [0.25, 0.3) is 0 Å². The van der Waals surface area contributed by atoms with Gasteiger partial charge in [0.15, 0.2) is 11.6 Å². The molecule has 0 bridgehead atoms. The number of para-hydroxylation sites is 2. The van der Waals surface area contributed by atoms with Gasteiger partial charge in [0, 0.05) is 32.7 Å². The summed E-state index contributed by atoms with van der Waals surface area (Å²) in [5.74, 6) is 2.38. The zero-order valence-electron chi connectivity index (χ0n) is 30.8. The monoisotopic (exact) mass is 687 g/mol. The van der Waals surface area contributed by atoms with Crippen LogP contribution < -0.4 is 0 Å². The highest BCUT2D eigenvalue weighted by molar-refractivity contribution is 6.23. The molecule has 0 spiro atoms. The minimum Gasteiger partial charge on any atom is -0.307 e. The van der Waals surface area contributed by atoms with E-state index in [4.69, 9.17) is 15.0 Å². The van der Waals surface area contributed by atoms with E-state index in [1.165, 1.54) is 33.1 Å². The van der Waals surface area contributed by atoms with Gasteiger partial charge in [-0.15, -0.1) is 0 Å². The van der Waals surface area contributed by atoms with E-state index in [2.05, 4.69) is 147 Å². The number of fused-ring (bicyclic) bond motifs is 8. The van der Waals surface area contributed by atoms with Crippen LogP contribution >= 0.6 is 0 Å². The molecule has 0 fully saturated rings. The fraction of sp³-hybridized carbons (Fsp3) is 0.188. The molecule has 6 aromatic carbocycles. The Hall–Kier alpha value is -6.07. The summed E-state index contributed by atoms with van der Waals surface area (Å²) in [7, 11) is 0. The standard InChI is InChI=1S/C48H41N5/c1-30-29-47(2,3)37-23-16-26-40(41(37)48(30,4)5)52-38-24-14-12-21-33(38)35-27-28-36-34-22-13-15-25-39(34)53(43(36)42(35)52)46-50-44(31-17-8-6-9-18-31)49-45(51-46)32-19-10-7-11-20-32/h6-28,30H,29H2,1-5H3. The van der Waals surface area contributed by atoms with E-state index in [1.807, 2.05) is 36.4 Å². The zero-order valence-corrected chi connectivity index (χ0v) is 30.8. The van der Waals surface area contributed by atoms with Crippen molar-refractivity contribution >= 4 is 43.6 Å². The van der Waals surface area contributed by atoms with E-state index >= 15 is 0 Å². The van der Waals surface area contributed by atoms with Gasteiger partial charge in [-0.1, -0.05) is 156 Å². The van der Waals surface area contributed by atoms with Crippen molar-refractivity contribution in [3.63, 3.8) is 0 Å². The molecule has 1 aliphatic carbocycles. The quantitative estimate of drug-likeness (QED) is 0.185. The third-order valence-electron chi connectivity index (χ3n) is 12.1. The summed E-state index contributed by atoms with van der Waals surface area (Å²) in [5, 5.41) is 4.76. The molecule has 0 saturated heterocycles. The third kappa shape index (κ3) is 4.66. The summed E-state index contributed by atoms with van der Waals surface area (Å²) >= 11 is 0. The number of aromatic nitrogens is 5. The lowest BCUT2D eigenvalue weighted by Crippen LogP contribution is -2.41. The van der Waals surface area contributed by atoms with E-state index in [1.54, 1.807) is 0 Å². The van der Waals surface area contributed by atoms with Crippen molar-refractivity contribution in [2.45, 2.75) is 51.9 Å². The molecule has 258 valence electrons. The highest BCUT2D eigenvalue weighted by Gasteiger charge is 2.44. The zero-order chi connectivity index (χ0) is 36.1. The Morgan fingerprint density at radius 2 is 1.02 bits per heavy atom. The van der Waals surface area contributed by atoms with Gasteiger partial charge in [-0.3, -0.25) is 4.57 Å². The molecule has 53 heavy (non-hydrogen) atoms. The Labute approximate surface area is 309 Å². The number of hydrogen-bond acceptors (Lipinski definition) is 3. The van der Waals surface area contributed by atoms with Crippen LogP contribution in [0.15, 0.2) is 140 Å². The van der Waals surface area contributed by atoms with Gasteiger partial charge in [0.1, 0.15) is 0 Å². The number of nitrogens with zero attached hydrogens (tertiary/aromatic N) is 5. The Kier molecular flexibility index (Phi) is 6.85. The molecule has 0 amide bonds. The van der Waals surface area contributed by atoms with Gasteiger partial charge >= 0.3 is 0 Å². The van der Waals surface area contributed by atoms with Crippen molar-refractivity contribution in [2.75, 3.05) is 0 Å². The van der Waals surface area contributed by atoms with Gasteiger partial charge in [0.2, 0.25) is 5.95 Å². The molecule has 0 radical (unpaired) electrons. The van der Waals surface area contributed by atoms with Gasteiger partial charge in [-0.2, -0.15) is 9.97 Å². The lowest BCUT2D eigenvalue weighted by Gasteiger charge is -2.47. The molecule has 1 aliphatic rings. The second-order valence-corrected chi connectivity index (χ2v) is 16.0. The van der Waals surface area contributed by atoms with Crippen LogP contribution in [0.4, 0.5) is 0 Å². The first-order valence-electron chi connectivity index (χ1n) is 18.7. The van der Waals surface area contributed by atoms with Crippen LogP contribution in [0.1, 0.15) is 52.2 Å². The lowest BCUT2D eigenvalue weighted by molar-refractivity contribution is 0.233. The largest absolute Gasteiger partial charge is 0.307 e. The minimum atomic E-state index is -0.0386. The van der Waals surface area contributed by atoms with Crippen molar-refractivity contribution in [1.29, 1.82) is 0 Å². The average molecular weight is 688 g/mol. The van der Waals surface area contributed by atoms with E-state index in [0.29, 0.717) is 23.5 Å². The maximum atomic E-state index is 5.29. The fourth-order valence-electron chi connectivity index (χ4n) is 9.20. The molecule has 10 rings (SSSR count). The van der Waals surface area contributed by atoms with E-state index in [-0.39, 0.29) is 10.8 Å². The summed E-state index contributed by atoms with van der Waals surface area (Å²) < 4.78 is 4.84. The molecule has 0 aliphatic heterocycles. The predicted octanol–water partition coefficient (Wildman–Crippen LogP) is 12.0. The molecule has 3 heterocycles. The SMILES string of the molecule is CC1CC(C)(C)c2cccc(-n3c4ccccc4c4ccc5c6ccccc6n(-c6nc(-c7ccccc7)nc(-c7ccccc7)n6)c5c43)c2C1(C)C. The van der Waals surface area contributed by atoms with Crippen molar-refractivity contribution in [3.05, 3.63) is 151 Å². The van der Waals surface area contributed by atoms with Crippen LogP contribution in [0, 0.1) is 5.92 Å². The van der Waals surface area contributed by atoms with Gasteiger partial charge in [-0.05, 0) is 52.5 Å². The Morgan fingerprint density at radius 3 is 1.60 bits per heavy atom. The number of rotatable bonds is 4. The van der Waals surface area contributed by atoms with Crippen molar-refractivity contribution in [2.24, 2.45) is 5.92 Å². The van der Waals surface area contributed by atoms with Gasteiger partial charge in [-0.25, -0.2) is 4.98 Å². The van der Waals surface area contributed by atoms with Crippen molar-refractivity contribution < 1.29 is 0 Å². The first-order chi connectivity index (χ1) is 25.7. The molecular formula is C48H41N5. The molecule has 1 unspecified atom stereocenters. The molecule has 1 atom stereocenters. The third-order valence-corrected chi connectivity index (χ3v) is 12.1. The van der Waals surface area contributed by atoms with E-state index < -0.39 is 0 Å². The van der Waals surface area contributed by atoms with E-state index in [0.717, 1.165) is 44.9 Å². The summed E-state index contributed by atoms with van der Waals surface area (Å²) in [4.78, 5) is 15.6. The smallest absolute Gasteiger partial charge is 0.238 e. The first kappa shape index (κ1) is 31.6. The maximum Gasteiger partial charge on any atom is 0.238 e. The highest BCUT2D eigenvalue weighted by atomic mass is 15.2. The second-order valence-electron chi connectivity index (χ2n) is 16.0. The molecule has 0 N–H and O–H groups in total. The first-order valence-corrected chi connectivity index (χ1v) is 18.7. The summed E-state index contributed by atoms with van der Waals surface area (Å²) in [5.41, 5.74) is 10.5. The molecule has 3 aromatic heterocycles. The van der Waals surface area contributed by atoms with Crippen LogP contribution in [-0.2, 0) is 10.8 Å². The highest BCUT2D eigenvalue weighted by Crippen LogP contribution is 2.52.